The van der Waals surface area contributed by atoms with Gasteiger partial charge in [-0.15, -0.1) is 0 Å². The first-order chi connectivity index (χ1) is 7.34. The lowest BCUT2D eigenvalue weighted by Gasteiger charge is -2.21. The zero-order chi connectivity index (χ0) is 10.5. The Kier molecular flexibility index (Phi) is 3.92. The number of phenols is 1. The quantitative estimate of drug-likeness (QED) is 0.825. The van der Waals surface area contributed by atoms with Gasteiger partial charge in [0.2, 0.25) is 0 Å². The maximum Gasteiger partial charge on any atom is 0.115 e. The Labute approximate surface area is 95.1 Å². The number of benzene rings is 1. The molecule has 0 radical (unpaired) electrons. The molecule has 0 aliphatic carbocycles. The highest BCUT2D eigenvalue weighted by atomic mass is 32.2. The van der Waals surface area contributed by atoms with Crippen LogP contribution in [-0.2, 0) is 5.75 Å². The fraction of sp³-hybridized carbons (Fsp3) is 0.500. The third-order valence-electron chi connectivity index (χ3n) is 2.71. The number of hydrogen-bond acceptors (Lipinski definition) is 3. The first-order valence-corrected chi connectivity index (χ1v) is 6.50. The Bertz CT molecular complexity index is 293. The minimum atomic E-state index is 0.352. The van der Waals surface area contributed by atoms with Gasteiger partial charge in [0.25, 0.3) is 0 Å². The molecule has 2 nitrogen and oxygen atoms in total. The first kappa shape index (κ1) is 10.8. The van der Waals surface area contributed by atoms with Crippen LogP contribution in [0.5, 0.6) is 5.75 Å². The van der Waals surface area contributed by atoms with Gasteiger partial charge in [-0.05, 0) is 43.6 Å². The molecule has 0 unspecified atom stereocenters. The SMILES string of the molecule is Oc1ccc(CSC2CCNCC2)cc1. The Balaban J connectivity index is 1.79. The Morgan fingerprint density at radius 3 is 2.53 bits per heavy atom. The molecule has 15 heavy (non-hydrogen) atoms. The fourth-order valence-corrected chi connectivity index (χ4v) is 2.96. The lowest BCUT2D eigenvalue weighted by Crippen LogP contribution is -2.29. The zero-order valence-electron chi connectivity index (χ0n) is 8.78. The van der Waals surface area contributed by atoms with Gasteiger partial charge in [0.15, 0.2) is 0 Å². The molecule has 2 rings (SSSR count). The van der Waals surface area contributed by atoms with Gasteiger partial charge in [0, 0.05) is 11.0 Å². The molecule has 82 valence electrons. The molecule has 0 aromatic heterocycles. The summed E-state index contributed by atoms with van der Waals surface area (Å²) < 4.78 is 0. The number of phenolic OH excluding ortho intramolecular Hbond substituents is 1. The molecule has 2 N–H and O–H groups in total. The minimum absolute atomic E-state index is 0.352. The van der Waals surface area contributed by atoms with Crippen LogP contribution in [-0.4, -0.2) is 23.4 Å². The van der Waals surface area contributed by atoms with Gasteiger partial charge >= 0.3 is 0 Å². The standard InChI is InChI=1S/C12H17NOS/c14-11-3-1-10(2-4-11)9-15-12-5-7-13-8-6-12/h1-4,12-14H,5-9H2. The third kappa shape index (κ3) is 3.43. The smallest absolute Gasteiger partial charge is 0.115 e. The summed E-state index contributed by atoms with van der Waals surface area (Å²) in [4.78, 5) is 0. The third-order valence-corrected chi connectivity index (χ3v) is 4.15. The predicted molar refractivity (Wildman–Crippen MR) is 65.3 cm³/mol. The van der Waals surface area contributed by atoms with Crippen molar-refractivity contribution in [1.29, 1.82) is 0 Å². The van der Waals surface area contributed by atoms with E-state index in [9.17, 15) is 0 Å². The van der Waals surface area contributed by atoms with E-state index in [4.69, 9.17) is 5.11 Å². The highest BCUT2D eigenvalue weighted by molar-refractivity contribution is 7.99. The molecule has 1 aromatic carbocycles. The summed E-state index contributed by atoms with van der Waals surface area (Å²) in [6.45, 7) is 2.32. The van der Waals surface area contributed by atoms with Crippen molar-refractivity contribution >= 4 is 11.8 Å². The van der Waals surface area contributed by atoms with Gasteiger partial charge in [0.1, 0.15) is 5.75 Å². The van der Waals surface area contributed by atoms with Crippen molar-refractivity contribution in [1.82, 2.24) is 5.32 Å². The van der Waals surface area contributed by atoms with E-state index in [2.05, 4.69) is 5.32 Å². The number of piperidine rings is 1. The van der Waals surface area contributed by atoms with Gasteiger partial charge in [-0.25, -0.2) is 0 Å². The normalized spacial score (nSPS) is 17.9. The molecule has 1 aromatic rings. The number of hydrogen-bond donors (Lipinski definition) is 2. The van der Waals surface area contributed by atoms with Crippen LogP contribution in [0.4, 0.5) is 0 Å². The molecule has 1 saturated heterocycles. The molecular formula is C12H17NOS. The lowest BCUT2D eigenvalue weighted by molar-refractivity contribution is 0.475. The number of rotatable bonds is 3. The summed E-state index contributed by atoms with van der Waals surface area (Å²) in [6, 6.07) is 7.53. The maximum atomic E-state index is 9.16. The Hall–Kier alpha value is -0.670. The van der Waals surface area contributed by atoms with E-state index in [-0.39, 0.29) is 0 Å². The van der Waals surface area contributed by atoms with Gasteiger partial charge in [-0.1, -0.05) is 12.1 Å². The maximum absolute atomic E-state index is 9.16. The Morgan fingerprint density at radius 1 is 1.20 bits per heavy atom. The summed E-state index contributed by atoms with van der Waals surface area (Å²) in [5, 5.41) is 13.3. The van der Waals surface area contributed by atoms with Crippen LogP contribution in [0.15, 0.2) is 24.3 Å². The molecule has 1 aliphatic rings. The summed E-state index contributed by atoms with van der Waals surface area (Å²) in [6.07, 6.45) is 2.56. The molecule has 0 saturated carbocycles. The lowest BCUT2D eigenvalue weighted by atomic mass is 10.2. The summed E-state index contributed by atoms with van der Waals surface area (Å²) in [5.41, 5.74) is 1.30. The van der Waals surface area contributed by atoms with Gasteiger partial charge in [0.05, 0.1) is 0 Å². The topological polar surface area (TPSA) is 32.3 Å². The van der Waals surface area contributed by atoms with E-state index < -0.39 is 0 Å². The number of thioether (sulfide) groups is 1. The zero-order valence-corrected chi connectivity index (χ0v) is 9.59. The average Bonchev–Trinajstić information content (AvgIpc) is 2.30. The molecule has 1 heterocycles. The van der Waals surface area contributed by atoms with Crippen molar-refractivity contribution in [3.05, 3.63) is 29.8 Å². The van der Waals surface area contributed by atoms with Crippen LogP contribution in [0.25, 0.3) is 0 Å². The van der Waals surface area contributed by atoms with Crippen LogP contribution < -0.4 is 5.32 Å². The highest BCUT2D eigenvalue weighted by Gasteiger charge is 2.12. The van der Waals surface area contributed by atoms with Crippen molar-refractivity contribution in [3.63, 3.8) is 0 Å². The van der Waals surface area contributed by atoms with Crippen molar-refractivity contribution in [2.45, 2.75) is 23.8 Å². The van der Waals surface area contributed by atoms with Crippen LogP contribution in [0, 0.1) is 0 Å². The van der Waals surface area contributed by atoms with Crippen LogP contribution in [0.1, 0.15) is 18.4 Å². The number of nitrogens with one attached hydrogen (secondary N) is 1. The largest absolute Gasteiger partial charge is 0.508 e. The summed E-state index contributed by atoms with van der Waals surface area (Å²) in [7, 11) is 0. The van der Waals surface area contributed by atoms with Crippen LogP contribution in [0.2, 0.25) is 0 Å². The molecule has 0 spiro atoms. The summed E-state index contributed by atoms with van der Waals surface area (Å²) in [5.74, 6) is 1.41. The van der Waals surface area contributed by atoms with Crippen LogP contribution >= 0.6 is 11.8 Å². The van der Waals surface area contributed by atoms with E-state index in [1.54, 1.807) is 12.1 Å². The van der Waals surface area contributed by atoms with Crippen molar-refractivity contribution in [2.24, 2.45) is 0 Å². The Morgan fingerprint density at radius 2 is 1.87 bits per heavy atom. The van der Waals surface area contributed by atoms with Gasteiger partial charge in [-0.2, -0.15) is 11.8 Å². The van der Waals surface area contributed by atoms with Crippen molar-refractivity contribution < 1.29 is 5.11 Å². The molecule has 3 heteroatoms. The predicted octanol–water partition coefficient (Wildman–Crippen LogP) is 2.38. The monoisotopic (exact) mass is 223 g/mol. The van der Waals surface area contributed by atoms with Crippen molar-refractivity contribution in [2.75, 3.05) is 13.1 Å². The molecule has 1 fully saturated rings. The van der Waals surface area contributed by atoms with E-state index in [1.165, 1.54) is 18.4 Å². The van der Waals surface area contributed by atoms with E-state index in [1.807, 2.05) is 23.9 Å². The van der Waals surface area contributed by atoms with Crippen molar-refractivity contribution in [3.8, 4) is 5.75 Å². The molecule has 0 bridgehead atoms. The van der Waals surface area contributed by atoms with Gasteiger partial charge < -0.3 is 10.4 Å². The second kappa shape index (κ2) is 5.42. The fourth-order valence-electron chi connectivity index (χ4n) is 1.77. The first-order valence-electron chi connectivity index (χ1n) is 5.45. The van der Waals surface area contributed by atoms with Gasteiger partial charge in [-0.3, -0.25) is 0 Å². The second-order valence-electron chi connectivity index (χ2n) is 3.93. The van der Waals surface area contributed by atoms with Crippen LogP contribution in [0.3, 0.4) is 0 Å². The van der Waals surface area contributed by atoms with E-state index >= 15 is 0 Å². The van der Waals surface area contributed by atoms with E-state index in [0.717, 1.165) is 24.1 Å². The minimum Gasteiger partial charge on any atom is -0.508 e. The molecule has 1 aliphatic heterocycles. The summed E-state index contributed by atoms with van der Waals surface area (Å²) >= 11 is 2.03. The molecular weight excluding hydrogens is 206 g/mol. The number of aromatic hydroxyl groups is 1. The molecule has 0 amide bonds. The highest BCUT2D eigenvalue weighted by Crippen LogP contribution is 2.24. The molecule has 0 atom stereocenters. The second-order valence-corrected chi connectivity index (χ2v) is 5.22. The average molecular weight is 223 g/mol. The van der Waals surface area contributed by atoms with E-state index in [0.29, 0.717) is 5.75 Å².